The van der Waals surface area contributed by atoms with Gasteiger partial charge >= 0.3 is 12.1 Å². The van der Waals surface area contributed by atoms with Crippen LogP contribution in [0.25, 0.3) is 10.2 Å². The molecule has 2 aromatic heterocycles. The SMILES string of the molecule is O=C(O)CC(=O)N[C@@H]1c2ccccc2C[C@H]1NC(=O)Oc1cc2sc(Cl)c(Cl)c2[nH]1. The smallest absolute Gasteiger partial charge is 0.414 e. The minimum absolute atomic E-state index is 0.203. The number of aliphatic carboxylic acids is 1. The summed E-state index contributed by atoms with van der Waals surface area (Å²) in [5.41, 5.74) is 2.36. The molecule has 0 saturated carbocycles. The summed E-state index contributed by atoms with van der Waals surface area (Å²) in [6.45, 7) is 0. The van der Waals surface area contributed by atoms with E-state index in [0.29, 0.717) is 21.3 Å². The van der Waals surface area contributed by atoms with E-state index in [0.717, 1.165) is 15.8 Å². The second-order valence-electron chi connectivity index (χ2n) is 6.72. The quantitative estimate of drug-likeness (QED) is 0.424. The first-order chi connectivity index (χ1) is 14.3. The summed E-state index contributed by atoms with van der Waals surface area (Å²) in [6, 6.07) is 7.95. The fourth-order valence-corrected chi connectivity index (χ4v) is 4.97. The van der Waals surface area contributed by atoms with Gasteiger partial charge in [0.25, 0.3) is 0 Å². The molecule has 0 spiro atoms. The number of carboxylic acid groups (broad SMARTS) is 1. The molecular weight excluding hydrogens is 453 g/mol. The minimum Gasteiger partial charge on any atom is -0.481 e. The van der Waals surface area contributed by atoms with Crippen molar-refractivity contribution in [1.29, 1.82) is 0 Å². The number of aromatic amines is 1. The van der Waals surface area contributed by atoms with Crippen molar-refractivity contribution in [3.63, 3.8) is 0 Å². The maximum absolute atomic E-state index is 12.5. The van der Waals surface area contributed by atoms with E-state index in [4.69, 9.17) is 33.0 Å². The molecule has 0 fully saturated rings. The highest BCUT2D eigenvalue weighted by atomic mass is 35.5. The van der Waals surface area contributed by atoms with Crippen LogP contribution >= 0.6 is 34.5 Å². The Balaban J connectivity index is 1.47. The maximum Gasteiger partial charge on any atom is 0.414 e. The van der Waals surface area contributed by atoms with Crippen LogP contribution in [-0.4, -0.2) is 34.1 Å². The van der Waals surface area contributed by atoms with Gasteiger partial charge in [-0.2, -0.15) is 0 Å². The van der Waals surface area contributed by atoms with Gasteiger partial charge < -0.3 is 25.5 Å². The van der Waals surface area contributed by atoms with Crippen molar-refractivity contribution in [2.24, 2.45) is 0 Å². The molecule has 11 heteroatoms. The molecule has 4 N–H and O–H groups in total. The summed E-state index contributed by atoms with van der Waals surface area (Å²) in [7, 11) is 0. The Morgan fingerprint density at radius 1 is 1.23 bits per heavy atom. The number of hydrogen-bond donors (Lipinski definition) is 4. The number of H-pyrrole nitrogens is 1. The van der Waals surface area contributed by atoms with Crippen molar-refractivity contribution in [2.45, 2.75) is 24.9 Å². The number of carbonyl (C=O) groups is 3. The molecule has 1 aliphatic rings. The van der Waals surface area contributed by atoms with E-state index in [1.54, 1.807) is 6.07 Å². The minimum atomic E-state index is -1.23. The molecule has 0 radical (unpaired) electrons. The number of benzene rings is 1. The van der Waals surface area contributed by atoms with Gasteiger partial charge in [-0.3, -0.25) is 9.59 Å². The van der Waals surface area contributed by atoms with Gasteiger partial charge in [0.1, 0.15) is 10.8 Å². The number of halogens is 2. The van der Waals surface area contributed by atoms with E-state index in [2.05, 4.69) is 15.6 Å². The van der Waals surface area contributed by atoms with E-state index < -0.39 is 36.5 Å². The summed E-state index contributed by atoms with van der Waals surface area (Å²) in [6.07, 6.45) is -0.912. The van der Waals surface area contributed by atoms with Crippen LogP contribution in [-0.2, 0) is 16.0 Å². The summed E-state index contributed by atoms with van der Waals surface area (Å²) in [5.74, 6) is -1.66. The van der Waals surface area contributed by atoms with Crippen LogP contribution in [0.4, 0.5) is 4.79 Å². The molecule has 2 heterocycles. The van der Waals surface area contributed by atoms with Crippen LogP contribution in [0, 0.1) is 0 Å². The number of rotatable bonds is 5. The zero-order valence-electron chi connectivity index (χ0n) is 15.2. The first kappa shape index (κ1) is 20.5. The van der Waals surface area contributed by atoms with Crippen LogP contribution in [0.2, 0.25) is 9.36 Å². The Morgan fingerprint density at radius 2 is 2.00 bits per heavy atom. The molecule has 0 unspecified atom stereocenters. The van der Waals surface area contributed by atoms with Gasteiger partial charge in [-0.05, 0) is 17.5 Å². The summed E-state index contributed by atoms with van der Waals surface area (Å²) < 4.78 is 6.52. The van der Waals surface area contributed by atoms with E-state index >= 15 is 0 Å². The Hall–Kier alpha value is -2.75. The van der Waals surface area contributed by atoms with Crippen LogP contribution in [0.3, 0.4) is 0 Å². The lowest BCUT2D eigenvalue weighted by atomic mass is 10.1. The van der Waals surface area contributed by atoms with Gasteiger partial charge in [0, 0.05) is 6.07 Å². The van der Waals surface area contributed by atoms with Crippen LogP contribution in [0.1, 0.15) is 23.6 Å². The standard InChI is InChI=1S/C19H15Cl2N3O5S/c20-15-17-11(30-18(15)21)6-13(24-17)29-19(28)22-10-5-8-3-1-2-4-9(8)16(10)23-12(25)7-14(26)27/h1-4,6,10,16,24H,5,7H2,(H,22,28)(H,23,25)(H,26,27)/t10-,16-/m1/s1. The zero-order valence-corrected chi connectivity index (χ0v) is 17.5. The van der Waals surface area contributed by atoms with E-state index in [-0.39, 0.29) is 5.88 Å². The molecule has 30 heavy (non-hydrogen) atoms. The number of thiophene rings is 1. The van der Waals surface area contributed by atoms with Crippen molar-refractivity contribution in [2.75, 3.05) is 0 Å². The molecule has 8 nitrogen and oxygen atoms in total. The average Bonchev–Trinajstić information content (AvgIpc) is 3.29. The zero-order chi connectivity index (χ0) is 21.4. The highest BCUT2D eigenvalue weighted by Gasteiger charge is 2.35. The third-order valence-electron chi connectivity index (χ3n) is 4.71. The lowest BCUT2D eigenvalue weighted by molar-refractivity contribution is -0.140. The van der Waals surface area contributed by atoms with Gasteiger partial charge in [-0.25, -0.2) is 4.79 Å². The number of fused-ring (bicyclic) bond motifs is 2. The van der Waals surface area contributed by atoms with Crippen LogP contribution in [0.15, 0.2) is 30.3 Å². The number of hydrogen-bond acceptors (Lipinski definition) is 5. The Bertz CT molecular complexity index is 1160. The molecule has 1 aliphatic carbocycles. The fourth-order valence-electron chi connectivity index (χ4n) is 3.50. The van der Waals surface area contributed by atoms with Crippen molar-refractivity contribution in [1.82, 2.24) is 15.6 Å². The van der Waals surface area contributed by atoms with Crippen molar-refractivity contribution in [3.05, 3.63) is 50.8 Å². The highest BCUT2D eigenvalue weighted by molar-refractivity contribution is 7.23. The lowest BCUT2D eigenvalue weighted by Gasteiger charge is -2.22. The number of ether oxygens (including phenoxy) is 1. The second-order valence-corrected chi connectivity index (χ2v) is 8.75. The second kappa shape index (κ2) is 8.17. The van der Waals surface area contributed by atoms with Gasteiger partial charge in [-0.1, -0.05) is 47.5 Å². The lowest BCUT2D eigenvalue weighted by Crippen LogP contribution is -2.45. The van der Waals surface area contributed by atoms with Crippen molar-refractivity contribution < 1.29 is 24.2 Å². The van der Waals surface area contributed by atoms with Crippen molar-refractivity contribution >= 4 is 62.7 Å². The molecule has 0 bridgehead atoms. The fraction of sp³-hybridized carbons (Fsp3) is 0.211. The summed E-state index contributed by atoms with van der Waals surface area (Å²) in [4.78, 5) is 38.2. The predicted molar refractivity (Wildman–Crippen MR) is 112 cm³/mol. The molecule has 0 saturated heterocycles. The molecule has 156 valence electrons. The number of carbonyl (C=O) groups excluding carboxylic acids is 2. The van der Waals surface area contributed by atoms with Gasteiger partial charge in [0.15, 0.2) is 0 Å². The number of carboxylic acids is 1. The highest BCUT2D eigenvalue weighted by Crippen LogP contribution is 2.40. The molecule has 0 aliphatic heterocycles. The average molecular weight is 468 g/mol. The van der Waals surface area contributed by atoms with Gasteiger partial charge in [0.05, 0.1) is 27.3 Å². The normalized spacial score (nSPS) is 17.5. The van der Waals surface area contributed by atoms with E-state index in [9.17, 15) is 14.4 Å². The van der Waals surface area contributed by atoms with Crippen molar-refractivity contribution in [3.8, 4) is 5.88 Å². The van der Waals surface area contributed by atoms with E-state index in [1.807, 2.05) is 24.3 Å². The third kappa shape index (κ3) is 4.09. The third-order valence-corrected chi connectivity index (χ3v) is 6.65. The van der Waals surface area contributed by atoms with Gasteiger partial charge in [0.2, 0.25) is 11.8 Å². The molecule has 2 atom stereocenters. The summed E-state index contributed by atoms with van der Waals surface area (Å²) in [5, 5.41) is 14.6. The molecule has 4 rings (SSSR count). The van der Waals surface area contributed by atoms with Gasteiger partial charge in [-0.15, -0.1) is 11.3 Å². The number of nitrogens with one attached hydrogen (secondary N) is 3. The first-order valence-corrected chi connectivity index (χ1v) is 10.4. The Morgan fingerprint density at radius 3 is 2.73 bits per heavy atom. The number of amides is 2. The molecule has 2 amide bonds. The van der Waals surface area contributed by atoms with Crippen LogP contribution < -0.4 is 15.4 Å². The van der Waals surface area contributed by atoms with E-state index in [1.165, 1.54) is 11.3 Å². The Labute approximate surface area is 184 Å². The first-order valence-electron chi connectivity index (χ1n) is 8.85. The topological polar surface area (TPSA) is 121 Å². The maximum atomic E-state index is 12.5. The van der Waals surface area contributed by atoms with Crippen LogP contribution in [0.5, 0.6) is 5.88 Å². The largest absolute Gasteiger partial charge is 0.481 e. The molecular formula is C19H15Cl2N3O5S. The molecule has 3 aromatic rings. The monoisotopic (exact) mass is 467 g/mol. The predicted octanol–water partition coefficient (Wildman–Crippen LogP) is 3.88. The number of aromatic nitrogens is 1. The Kier molecular flexibility index (Phi) is 5.59. The molecule has 1 aromatic carbocycles. The summed E-state index contributed by atoms with van der Waals surface area (Å²) >= 11 is 13.3.